The lowest BCUT2D eigenvalue weighted by molar-refractivity contribution is -0.114. The van der Waals surface area contributed by atoms with Gasteiger partial charge in [-0.1, -0.05) is 59.5 Å². The van der Waals surface area contributed by atoms with Gasteiger partial charge < -0.3 is 10.6 Å². The summed E-state index contributed by atoms with van der Waals surface area (Å²) in [5.74, 6) is 0.643. The van der Waals surface area contributed by atoms with E-state index in [0.717, 1.165) is 37.7 Å². The van der Waals surface area contributed by atoms with Crippen LogP contribution in [0.15, 0.2) is 64.3 Å². The van der Waals surface area contributed by atoms with Crippen molar-refractivity contribution < 1.29 is 4.79 Å². The van der Waals surface area contributed by atoms with Gasteiger partial charge in [0.05, 0.1) is 5.69 Å². The van der Waals surface area contributed by atoms with E-state index in [1.807, 2.05) is 42.5 Å². The van der Waals surface area contributed by atoms with E-state index in [1.165, 1.54) is 18.3 Å². The van der Waals surface area contributed by atoms with Crippen molar-refractivity contribution in [2.45, 2.75) is 17.0 Å². The summed E-state index contributed by atoms with van der Waals surface area (Å²) in [5.41, 5.74) is 3.75. The van der Waals surface area contributed by atoms with Crippen LogP contribution in [-0.4, -0.2) is 21.1 Å². The van der Waals surface area contributed by atoms with Gasteiger partial charge in [-0.3, -0.25) is 4.79 Å². The zero-order valence-corrected chi connectivity index (χ0v) is 17.9. The molecule has 1 amide bonds. The van der Waals surface area contributed by atoms with Gasteiger partial charge in [0.2, 0.25) is 11.0 Å². The first-order chi connectivity index (χ1) is 14.2. The Morgan fingerprint density at radius 3 is 2.72 bits per heavy atom. The largest absolute Gasteiger partial charge is 0.330 e. The maximum atomic E-state index is 11.2. The second kappa shape index (κ2) is 9.17. The number of hydrogen-bond donors (Lipinski definition) is 2. The molecule has 6 nitrogen and oxygen atoms in total. The van der Waals surface area contributed by atoms with Crippen molar-refractivity contribution in [1.82, 2.24) is 15.2 Å². The van der Waals surface area contributed by atoms with Gasteiger partial charge in [-0.2, -0.15) is 0 Å². The molecule has 29 heavy (non-hydrogen) atoms. The van der Waals surface area contributed by atoms with Crippen molar-refractivity contribution >= 4 is 56.8 Å². The number of rotatable bonds is 7. The summed E-state index contributed by atoms with van der Waals surface area (Å²) in [6, 6.07) is 17.7. The van der Waals surface area contributed by atoms with Crippen LogP contribution >= 0.6 is 34.4 Å². The van der Waals surface area contributed by atoms with Gasteiger partial charge in [0.1, 0.15) is 5.01 Å². The topological polar surface area (TPSA) is 79.8 Å². The number of thiazole rings is 1. The highest BCUT2D eigenvalue weighted by Gasteiger charge is 2.09. The molecule has 9 heteroatoms. The number of anilines is 3. The Labute approximate surface area is 180 Å². The number of thioether (sulfide) groups is 1. The number of aromatic nitrogens is 3. The fourth-order valence-corrected chi connectivity index (χ4v) is 5.14. The summed E-state index contributed by atoms with van der Waals surface area (Å²) < 4.78 is 0.875. The first kappa shape index (κ1) is 19.6. The Kier molecular flexibility index (Phi) is 6.18. The third-order valence-electron chi connectivity index (χ3n) is 3.76. The predicted octanol–water partition coefficient (Wildman–Crippen LogP) is 5.66. The lowest BCUT2D eigenvalue weighted by atomic mass is 10.2. The number of carbonyl (C=O) groups excluding carboxylic acids is 1. The van der Waals surface area contributed by atoms with Crippen LogP contribution in [0, 0.1) is 0 Å². The molecule has 4 aromatic rings. The molecule has 0 aliphatic rings. The third-order valence-corrected chi connectivity index (χ3v) is 6.70. The van der Waals surface area contributed by atoms with Crippen LogP contribution in [0.25, 0.3) is 10.6 Å². The summed E-state index contributed by atoms with van der Waals surface area (Å²) in [6.07, 6.45) is 0. The van der Waals surface area contributed by atoms with E-state index in [4.69, 9.17) is 4.98 Å². The molecule has 0 atom stereocenters. The summed E-state index contributed by atoms with van der Waals surface area (Å²) in [7, 11) is 0. The molecule has 0 saturated heterocycles. The smallest absolute Gasteiger partial charge is 0.221 e. The monoisotopic (exact) mass is 439 g/mol. The van der Waals surface area contributed by atoms with E-state index >= 15 is 0 Å². The zero-order valence-electron chi connectivity index (χ0n) is 15.5. The molecule has 0 aliphatic carbocycles. The average Bonchev–Trinajstić information content (AvgIpc) is 3.36. The SMILES string of the molecule is CC(=O)Nc1cccc(Nc2nnc(SCc3csc(-c4ccccc4)n3)s2)c1. The standard InChI is InChI=1S/C20H17N5OS3/c1-13(26)21-15-8-5-9-16(10-15)23-19-24-25-20(29-19)28-12-17-11-27-18(22-17)14-6-3-2-4-7-14/h2-11H,12H2,1H3,(H,21,26)(H,23,24). The van der Waals surface area contributed by atoms with E-state index in [2.05, 4.69) is 38.3 Å². The summed E-state index contributed by atoms with van der Waals surface area (Å²) in [5, 5.41) is 18.3. The molecule has 0 bridgehead atoms. The Hall–Kier alpha value is -2.75. The molecule has 0 radical (unpaired) electrons. The van der Waals surface area contributed by atoms with E-state index in [9.17, 15) is 4.79 Å². The molecule has 0 spiro atoms. The van der Waals surface area contributed by atoms with Gasteiger partial charge in [-0.05, 0) is 18.2 Å². The van der Waals surface area contributed by atoms with Crippen LogP contribution in [-0.2, 0) is 10.5 Å². The molecule has 2 aromatic carbocycles. The van der Waals surface area contributed by atoms with Crippen molar-refractivity contribution in [3.63, 3.8) is 0 Å². The van der Waals surface area contributed by atoms with Crippen LogP contribution < -0.4 is 10.6 Å². The molecule has 4 rings (SSSR count). The summed E-state index contributed by atoms with van der Waals surface area (Å²) >= 11 is 4.76. The first-order valence-electron chi connectivity index (χ1n) is 8.76. The van der Waals surface area contributed by atoms with Crippen LogP contribution in [0.4, 0.5) is 16.5 Å². The Morgan fingerprint density at radius 1 is 1.07 bits per heavy atom. The van der Waals surface area contributed by atoms with E-state index in [1.54, 1.807) is 23.1 Å². The van der Waals surface area contributed by atoms with E-state index < -0.39 is 0 Å². The minimum atomic E-state index is -0.103. The van der Waals surface area contributed by atoms with Crippen molar-refractivity contribution in [3.8, 4) is 10.6 Å². The molecule has 2 heterocycles. The van der Waals surface area contributed by atoms with Crippen LogP contribution in [0.3, 0.4) is 0 Å². The molecule has 0 fully saturated rings. The van der Waals surface area contributed by atoms with Crippen molar-refractivity contribution in [1.29, 1.82) is 0 Å². The minimum Gasteiger partial charge on any atom is -0.330 e. The minimum absolute atomic E-state index is 0.103. The lowest BCUT2D eigenvalue weighted by Crippen LogP contribution is -2.05. The zero-order chi connectivity index (χ0) is 20.1. The van der Waals surface area contributed by atoms with Crippen LogP contribution in [0.2, 0.25) is 0 Å². The Morgan fingerprint density at radius 2 is 1.90 bits per heavy atom. The quantitative estimate of drug-likeness (QED) is 0.362. The number of nitrogens with one attached hydrogen (secondary N) is 2. The average molecular weight is 440 g/mol. The van der Waals surface area contributed by atoms with Gasteiger partial charge in [-0.15, -0.1) is 21.5 Å². The Balaban J connectivity index is 1.35. The molecule has 2 N–H and O–H groups in total. The second-order valence-electron chi connectivity index (χ2n) is 6.06. The second-order valence-corrected chi connectivity index (χ2v) is 9.12. The van der Waals surface area contributed by atoms with Gasteiger partial charge >= 0.3 is 0 Å². The fourth-order valence-electron chi connectivity index (χ4n) is 2.54. The van der Waals surface area contributed by atoms with Crippen molar-refractivity contribution in [2.75, 3.05) is 10.6 Å². The molecular weight excluding hydrogens is 422 g/mol. The van der Waals surface area contributed by atoms with E-state index in [0.29, 0.717) is 5.13 Å². The van der Waals surface area contributed by atoms with Gasteiger partial charge in [0.25, 0.3) is 0 Å². The number of amides is 1. The fraction of sp³-hybridized carbons (Fsp3) is 0.100. The summed E-state index contributed by atoms with van der Waals surface area (Å²) in [4.78, 5) is 15.9. The van der Waals surface area contributed by atoms with Crippen LogP contribution in [0.5, 0.6) is 0 Å². The predicted molar refractivity (Wildman–Crippen MR) is 121 cm³/mol. The van der Waals surface area contributed by atoms with Crippen molar-refractivity contribution in [3.05, 3.63) is 65.7 Å². The molecular formula is C20H17N5OS3. The molecule has 2 aromatic heterocycles. The maximum Gasteiger partial charge on any atom is 0.221 e. The third kappa shape index (κ3) is 5.41. The number of benzene rings is 2. The van der Waals surface area contributed by atoms with Gasteiger partial charge in [-0.25, -0.2) is 4.98 Å². The molecule has 0 aliphatic heterocycles. The van der Waals surface area contributed by atoms with E-state index in [-0.39, 0.29) is 5.91 Å². The van der Waals surface area contributed by atoms with Gasteiger partial charge in [0.15, 0.2) is 4.34 Å². The molecule has 0 saturated carbocycles. The van der Waals surface area contributed by atoms with Gasteiger partial charge in [0, 0.05) is 35.0 Å². The highest BCUT2D eigenvalue weighted by molar-refractivity contribution is 8.00. The number of carbonyl (C=O) groups is 1. The Bertz CT molecular complexity index is 1110. The lowest BCUT2D eigenvalue weighted by Gasteiger charge is -2.05. The molecule has 0 unspecified atom stereocenters. The number of nitrogens with zero attached hydrogens (tertiary/aromatic N) is 3. The highest BCUT2D eigenvalue weighted by Crippen LogP contribution is 2.32. The molecule has 146 valence electrons. The maximum absolute atomic E-state index is 11.2. The van der Waals surface area contributed by atoms with Crippen molar-refractivity contribution in [2.24, 2.45) is 0 Å². The first-order valence-corrected chi connectivity index (χ1v) is 11.4. The normalized spacial score (nSPS) is 10.7. The summed E-state index contributed by atoms with van der Waals surface area (Å²) in [6.45, 7) is 1.49. The highest BCUT2D eigenvalue weighted by atomic mass is 32.2. The van der Waals surface area contributed by atoms with Crippen LogP contribution in [0.1, 0.15) is 12.6 Å². The number of hydrogen-bond acceptors (Lipinski definition) is 8.